The maximum Gasteiger partial charge on any atom is 0.397 e. The van der Waals surface area contributed by atoms with E-state index in [-0.39, 0.29) is 0 Å². The first kappa shape index (κ1) is 22.8. The number of aliphatic hydroxyl groups excluding tert-OH is 7. The molecule has 0 radical (unpaired) electrons. The molecule has 14 nitrogen and oxygen atoms in total. The molecule has 160 valence electrons. The van der Waals surface area contributed by atoms with Gasteiger partial charge < -0.3 is 50.0 Å². The summed E-state index contributed by atoms with van der Waals surface area (Å²) in [5.41, 5.74) is 0. The Bertz CT molecular complexity index is 585. The van der Waals surface area contributed by atoms with Gasteiger partial charge in [0.05, 0.1) is 13.2 Å². The molecule has 27 heavy (non-hydrogen) atoms. The molecule has 0 aromatic rings. The molecule has 0 aromatic heterocycles. The van der Waals surface area contributed by atoms with Gasteiger partial charge in [-0.2, -0.15) is 8.42 Å². The van der Waals surface area contributed by atoms with Crippen LogP contribution in [0.1, 0.15) is 0 Å². The maximum atomic E-state index is 10.6. The SMILES string of the molecule is O=S(=O)(O)OC[C@@H]1O[C@@H](O[C@@H]2[C@@H](O)[C@H](O)O[C@H](CO)[C@@H]2O)[C@@H](O)[C@H](O)[C@@H]1O. The van der Waals surface area contributed by atoms with Crippen LogP contribution in [0.3, 0.4) is 0 Å². The van der Waals surface area contributed by atoms with E-state index in [4.69, 9.17) is 23.9 Å². The molecular formula is C12H22O14S. The Hall–Kier alpha value is -0.530. The van der Waals surface area contributed by atoms with Crippen LogP contribution < -0.4 is 0 Å². The first-order chi connectivity index (χ1) is 12.5. The number of aliphatic hydroxyl groups is 7. The van der Waals surface area contributed by atoms with Crippen molar-refractivity contribution in [2.45, 2.75) is 61.4 Å². The van der Waals surface area contributed by atoms with Crippen LogP contribution in [0.4, 0.5) is 0 Å². The highest BCUT2D eigenvalue weighted by Crippen LogP contribution is 2.28. The normalized spacial score (nSPS) is 46.4. The molecule has 2 saturated heterocycles. The van der Waals surface area contributed by atoms with Crippen LogP contribution in [0.5, 0.6) is 0 Å². The van der Waals surface area contributed by atoms with Crippen LogP contribution in [0, 0.1) is 0 Å². The van der Waals surface area contributed by atoms with Crippen LogP contribution in [-0.4, -0.2) is 123 Å². The Labute approximate surface area is 153 Å². The van der Waals surface area contributed by atoms with Crippen molar-refractivity contribution in [1.82, 2.24) is 0 Å². The second kappa shape index (κ2) is 8.87. The Morgan fingerprint density at radius 2 is 1.44 bits per heavy atom. The number of hydrogen-bond acceptors (Lipinski definition) is 13. The average molecular weight is 422 g/mol. The molecule has 0 unspecified atom stereocenters. The van der Waals surface area contributed by atoms with E-state index in [1.165, 1.54) is 0 Å². The highest BCUT2D eigenvalue weighted by Gasteiger charge is 2.50. The number of rotatable bonds is 6. The van der Waals surface area contributed by atoms with E-state index in [9.17, 15) is 39.1 Å². The van der Waals surface area contributed by atoms with Gasteiger partial charge in [-0.3, -0.25) is 4.55 Å². The first-order valence-electron chi connectivity index (χ1n) is 7.73. The second-order valence-corrected chi connectivity index (χ2v) is 7.15. The Morgan fingerprint density at radius 3 is 2.00 bits per heavy atom. The highest BCUT2D eigenvalue weighted by molar-refractivity contribution is 7.80. The van der Waals surface area contributed by atoms with Crippen molar-refractivity contribution in [1.29, 1.82) is 0 Å². The third-order valence-electron chi connectivity index (χ3n) is 4.18. The minimum Gasteiger partial charge on any atom is -0.394 e. The summed E-state index contributed by atoms with van der Waals surface area (Å²) in [6.45, 7) is -1.70. The average Bonchev–Trinajstić information content (AvgIpc) is 2.59. The molecule has 0 bridgehead atoms. The molecule has 2 aliphatic rings. The van der Waals surface area contributed by atoms with E-state index >= 15 is 0 Å². The van der Waals surface area contributed by atoms with E-state index in [0.29, 0.717) is 0 Å². The van der Waals surface area contributed by atoms with Crippen LogP contribution in [-0.2, 0) is 28.8 Å². The third-order valence-corrected chi connectivity index (χ3v) is 4.62. The number of hydrogen-bond donors (Lipinski definition) is 8. The lowest BCUT2D eigenvalue weighted by molar-refractivity contribution is -0.355. The molecule has 15 heteroatoms. The van der Waals surface area contributed by atoms with Crippen LogP contribution in [0.25, 0.3) is 0 Å². The fourth-order valence-corrected chi connectivity index (χ4v) is 3.01. The van der Waals surface area contributed by atoms with Crippen molar-refractivity contribution < 1.29 is 67.1 Å². The standard InChI is InChI=1S/C12H22O14S/c13-1-3-6(15)10(9(18)11(19)24-3)26-12-8(17)7(16)5(14)4(25-12)2-23-27(20,21)22/h3-19H,1-2H2,(H,20,21,22)/t3-,4+,5-,6+,7-,8+,9-,10+,11-,12+/m1/s1. The van der Waals surface area contributed by atoms with Gasteiger partial charge in [0.2, 0.25) is 0 Å². The molecule has 2 rings (SSSR count). The molecule has 0 spiro atoms. The van der Waals surface area contributed by atoms with Gasteiger partial charge in [0.15, 0.2) is 12.6 Å². The monoisotopic (exact) mass is 422 g/mol. The molecule has 2 aliphatic heterocycles. The van der Waals surface area contributed by atoms with Crippen LogP contribution in [0.2, 0.25) is 0 Å². The van der Waals surface area contributed by atoms with Crippen molar-refractivity contribution in [2.75, 3.05) is 13.2 Å². The summed E-state index contributed by atoms with van der Waals surface area (Å²) in [6, 6.07) is 0. The van der Waals surface area contributed by atoms with Gasteiger partial charge in [0.25, 0.3) is 0 Å². The van der Waals surface area contributed by atoms with Crippen molar-refractivity contribution >= 4 is 10.4 Å². The van der Waals surface area contributed by atoms with Gasteiger partial charge in [-0.1, -0.05) is 0 Å². The van der Waals surface area contributed by atoms with Crippen molar-refractivity contribution in [3.05, 3.63) is 0 Å². The smallest absolute Gasteiger partial charge is 0.394 e. The molecule has 10 atom stereocenters. The molecule has 0 aliphatic carbocycles. The van der Waals surface area contributed by atoms with Crippen molar-refractivity contribution in [3.63, 3.8) is 0 Å². The Balaban J connectivity index is 2.12. The predicted octanol–water partition coefficient (Wildman–Crippen LogP) is -5.57. The summed E-state index contributed by atoms with van der Waals surface area (Å²) < 4.78 is 48.9. The van der Waals surface area contributed by atoms with Gasteiger partial charge in [-0.15, -0.1) is 0 Å². The highest BCUT2D eigenvalue weighted by atomic mass is 32.3. The quantitative estimate of drug-likeness (QED) is 0.186. The van der Waals surface area contributed by atoms with E-state index in [1.807, 2.05) is 0 Å². The molecular weight excluding hydrogens is 400 g/mol. The van der Waals surface area contributed by atoms with Crippen LogP contribution in [0.15, 0.2) is 0 Å². The van der Waals surface area contributed by atoms with Gasteiger partial charge in [-0.25, -0.2) is 4.18 Å². The molecule has 0 amide bonds. The zero-order chi connectivity index (χ0) is 20.5. The van der Waals surface area contributed by atoms with Gasteiger partial charge in [0.1, 0.15) is 48.8 Å². The van der Waals surface area contributed by atoms with E-state index in [2.05, 4.69) is 4.18 Å². The summed E-state index contributed by atoms with van der Waals surface area (Å²) in [6.07, 6.45) is -17.4. The Kier molecular flexibility index (Phi) is 7.47. The van der Waals surface area contributed by atoms with E-state index in [0.717, 1.165) is 0 Å². The van der Waals surface area contributed by atoms with Crippen molar-refractivity contribution in [2.24, 2.45) is 0 Å². The fraction of sp³-hybridized carbons (Fsp3) is 1.00. The van der Waals surface area contributed by atoms with Gasteiger partial charge in [0, 0.05) is 0 Å². The van der Waals surface area contributed by atoms with Crippen molar-refractivity contribution in [3.8, 4) is 0 Å². The molecule has 8 N–H and O–H groups in total. The predicted molar refractivity (Wildman–Crippen MR) is 79.0 cm³/mol. The summed E-state index contributed by atoms with van der Waals surface area (Å²) in [5.74, 6) is 0. The topological polar surface area (TPSA) is 233 Å². The van der Waals surface area contributed by atoms with Gasteiger partial charge >= 0.3 is 10.4 Å². The Morgan fingerprint density at radius 1 is 0.815 bits per heavy atom. The maximum absolute atomic E-state index is 10.6. The fourth-order valence-electron chi connectivity index (χ4n) is 2.70. The zero-order valence-corrected chi connectivity index (χ0v) is 14.4. The largest absolute Gasteiger partial charge is 0.397 e. The summed E-state index contributed by atoms with van der Waals surface area (Å²) in [4.78, 5) is 0. The second-order valence-electron chi connectivity index (χ2n) is 6.06. The van der Waals surface area contributed by atoms with E-state index < -0.39 is 85.0 Å². The molecule has 0 saturated carbocycles. The lowest BCUT2D eigenvalue weighted by Crippen LogP contribution is -2.64. The summed E-state index contributed by atoms with van der Waals surface area (Å²) in [7, 11) is -4.89. The first-order valence-corrected chi connectivity index (χ1v) is 9.10. The van der Waals surface area contributed by atoms with Gasteiger partial charge in [-0.05, 0) is 0 Å². The number of ether oxygens (including phenoxy) is 3. The molecule has 2 fully saturated rings. The third kappa shape index (κ3) is 5.30. The lowest BCUT2D eigenvalue weighted by Gasteiger charge is -2.45. The van der Waals surface area contributed by atoms with Crippen LogP contribution >= 0.6 is 0 Å². The lowest BCUT2D eigenvalue weighted by atomic mass is 9.97. The zero-order valence-electron chi connectivity index (χ0n) is 13.6. The molecule has 0 aromatic carbocycles. The van der Waals surface area contributed by atoms with E-state index in [1.54, 1.807) is 0 Å². The minimum absolute atomic E-state index is 0.745. The summed E-state index contributed by atoms with van der Waals surface area (Å²) >= 11 is 0. The molecule has 2 heterocycles. The minimum atomic E-state index is -4.89. The summed E-state index contributed by atoms with van der Waals surface area (Å²) in [5, 5.41) is 68.3.